The molecule has 8 heteroatoms. The summed E-state index contributed by atoms with van der Waals surface area (Å²) in [6.07, 6.45) is 4.65. The van der Waals surface area contributed by atoms with Crippen molar-refractivity contribution in [3.8, 4) is 17.1 Å². The summed E-state index contributed by atoms with van der Waals surface area (Å²) in [6.45, 7) is 1.96. The number of nitrogens with one attached hydrogen (secondary N) is 1. The summed E-state index contributed by atoms with van der Waals surface area (Å²) in [4.78, 5) is 24.8. The van der Waals surface area contributed by atoms with Gasteiger partial charge in [-0.15, -0.1) is 0 Å². The second-order valence-electron chi connectivity index (χ2n) is 8.41. The molecule has 0 saturated heterocycles. The van der Waals surface area contributed by atoms with E-state index in [2.05, 4.69) is 15.0 Å². The van der Waals surface area contributed by atoms with E-state index in [1.54, 1.807) is 24.3 Å². The first-order valence-corrected chi connectivity index (χ1v) is 10.7. The van der Waals surface area contributed by atoms with Crippen LogP contribution in [0.5, 0.6) is 5.75 Å². The lowest BCUT2D eigenvalue weighted by molar-refractivity contribution is 0.0938. The summed E-state index contributed by atoms with van der Waals surface area (Å²) >= 11 is 0. The van der Waals surface area contributed by atoms with Crippen LogP contribution in [0.25, 0.3) is 27.9 Å². The molecule has 4 aromatic rings. The smallest absolute Gasteiger partial charge is 0.196 e. The van der Waals surface area contributed by atoms with E-state index in [-0.39, 0.29) is 28.9 Å². The number of anilines is 1. The number of nitrogens with zero attached hydrogens (tertiary/aromatic N) is 2. The Morgan fingerprint density at radius 3 is 2.68 bits per heavy atom. The Labute approximate surface area is 192 Å². The molecule has 2 aromatic carbocycles. The molecular formula is C26H18F2N4O2. The number of H-pyrrole nitrogens is 1. The number of aromatic nitrogens is 3. The fourth-order valence-electron chi connectivity index (χ4n) is 4.67. The minimum absolute atomic E-state index is 0.0558. The molecule has 0 radical (unpaired) electrons. The average Bonchev–Trinajstić information content (AvgIpc) is 3.24. The molecule has 0 spiro atoms. The number of nitrogen functional groups attached to an aromatic ring is 1. The number of benzene rings is 2. The molecular weight excluding hydrogens is 438 g/mol. The van der Waals surface area contributed by atoms with Gasteiger partial charge in [0.15, 0.2) is 11.6 Å². The molecule has 2 unspecified atom stereocenters. The average molecular weight is 456 g/mol. The number of fused-ring (bicyclic) bond motifs is 3. The Hall–Kier alpha value is -4.33. The summed E-state index contributed by atoms with van der Waals surface area (Å²) in [5.41, 5.74) is 9.18. The van der Waals surface area contributed by atoms with E-state index in [1.807, 2.05) is 25.1 Å². The number of nitrogens with two attached hydrogens (primary N) is 1. The van der Waals surface area contributed by atoms with Gasteiger partial charge in [0, 0.05) is 40.8 Å². The van der Waals surface area contributed by atoms with Gasteiger partial charge in [0.05, 0.1) is 16.8 Å². The number of Topliss-reactive ketones (excluding diaryl/α,β-unsaturated/α-hetero) is 1. The third-order valence-corrected chi connectivity index (χ3v) is 6.33. The van der Waals surface area contributed by atoms with Crippen LogP contribution in [0.2, 0.25) is 0 Å². The van der Waals surface area contributed by atoms with Gasteiger partial charge in [-0.05, 0) is 23.8 Å². The van der Waals surface area contributed by atoms with E-state index in [9.17, 15) is 13.6 Å². The molecule has 3 heterocycles. The van der Waals surface area contributed by atoms with Gasteiger partial charge < -0.3 is 15.5 Å². The number of halogens is 2. The van der Waals surface area contributed by atoms with Crippen LogP contribution in [-0.2, 0) is 0 Å². The van der Waals surface area contributed by atoms with Crippen molar-refractivity contribution in [3.05, 3.63) is 89.3 Å². The Bertz CT molecular complexity index is 1570. The second-order valence-corrected chi connectivity index (χ2v) is 8.41. The van der Waals surface area contributed by atoms with E-state index in [0.29, 0.717) is 33.5 Å². The summed E-state index contributed by atoms with van der Waals surface area (Å²) in [5, 5.41) is 0.319. The number of rotatable bonds is 2. The van der Waals surface area contributed by atoms with Gasteiger partial charge in [-0.1, -0.05) is 31.2 Å². The van der Waals surface area contributed by atoms with Crippen LogP contribution >= 0.6 is 0 Å². The number of allylic oxidation sites excluding steroid dienone is 2. The molecule has 1 aliphatic carbocycles. The van der Waals surface area contributed by atoms with Crippen LogP contribution in [0.4, 0.5) is 14.6 Å². The normalized spacial score (nSPS) is 19.2. The van der Waals surface area contributed by atoms with Crippen molar-refractivity contribution < 1.29 is 18.3 Å². The van der Waals surface area contributed by atoms with Gasteiger partial charge in [0.1, 0.15) is 29.3 Å². The van der Waals surface area contributed by atoms with Gasteiger partial charge in [-0.2, -0.15) is 0 Å². The molecule has 0 fully saturated rings. The molecule has 6 rings (SSSR count). The van der Waals surface area contributed by atoms with E-state index in [1.165, 1.54) is 12.3 Å². The summed E-state index contributed by atoms with van der Waals surface area (Å²) in [6, 6.07) is 10.9. The number of para-hydroxylation sites is 1. The molecule has 3 N–H and O–H groups in total. The predicted molar refractivity (Wildman–Crippen MR) is 124 cm³/mol. The Kier molecular flexibility index (Phi) is 4.38. The number of hydrogen-bond donors (Lipinski definition) is 2. The molecule has 168 valence electrons. The summed E-state index contributed by atoms with van der Waals surface area (Å²) in [7, 11) is 0. The van der Waals surface area contributed by atoms with Crippen molar-refractivity contribution in [2.45, 2.75) is 13.0 Å². The highest BCUT2D eigenvalue weighted by Crippen LogP contribution is 2.41. The fourth-order valence-corrected chi connectivity index (χ4v) is 4.67. The second kappa shape index (κ2) is 7.34. The third-order valence-electron chi connectivity index (χ3n) is 6.33. The van der Waals surface area contributed by atoms with Crippen LogP contribution in [0.1, 0.15) is 23.0 Å². The molecule has 2 atom stereocenters. The zero-order valence-electron chi connectivity index (χ0n) is 18.0. The highest BCUT2D eigenvalue weighted by Gasteiger charge is 2.38. The van der Waals surface area contributed by atoms with E-state index >= 15 is 0 Å². The summed E-state index contributed by atoms with van der Waals surface area (Å²) < 4.78 is 34.3. The van der Waals surface area contributed by atoms with Crippen LogP contribution in [0, 0.1) is 17.6 Å². The lowest BCUT2D eigenvalue weighted by Crippen LogP contribution is -2.37. The summed E-state index contributed by atoms with van der Waals surface area (Å²) in [5.74, 6) is -0.674. The van der Waals surface area contributed by atoms with Crippen LogP contribution in [0.3, 0.4) is 0 Å². The molecule has 0 bridgehead atoms. The van der Waals surface area contributed by atoms with Crippen molar-refractivity contribution in [3.63, 3.8) is 0 Å². The Balaban J connectivity index is 1.45. The number of aromatic amines is 1. The minimum Gasteiger partial charge on any atom is -0.484 e. The molecule has 34 heavy (non-hydrogen) atoms. The van der Waals surface area contributed by atoms with Crippen LogP contribution < -0.4 is 10.5 Å². The SMILES string of the molecule is CC1C(c2cc(N)nc(-c3c[nH]c4c(F)cc(F)cc34)n2)=CC=C2C(=O)c3ccccc3OC21. The van der Waals surface area contributed by atoms with Crippen molar-refractivity contribution >= 4 is 28.1 Å². The first-order valence-electron chi connectivity index (χ1n) is 10.7. The molecule has 0 saturated carbocycles. The third kappa shape index (κ3) is 3.02. The van der Waals surface area contributed by atoms with Crippen molar-refractivity contribution in [2.24, 2.45) is 5.92 Å². The highest BCUT2D eigenvalue weighted by molar-refractivity contribution is 6.13. The largest absolute Gasteiger partial charge is 0.484 e. The lowest BCUT2D eigenvalue weighted by Gasteiger charge is -2.35. The van der Waals surface area contributed by atoms with Crippen molar-refractivity contribution in [2.75, 3.05) is 5.73 Å². The first-order chi connectivity index (χ1) is 16.4. The first kappa shape index (κ1) is 20.3. The highest BCUT2D eigenvalue weighted by atomic mass is 19.1. The number of carbonyl (C=O) groups excluding carboxylic acids is 1. The van der Waals surface area contributed by atoms with Gasteiger partial charge >= 0.3 is 0 Å². The molecule has 0 amide bonds. The van der Waals surface area contributed by atoms with Gasteiger partial charge in [0.2, 0.25) is 0 Å². The predicted octanol–water partition coefficient (Wildman–Crippen LogP) is 5.09. The van der Waals surface area contributed by atoms with Crippen LogP contribution in [0.15, 0.2) is 66.4 Å². The quantitative estimate of drug-likeness (QED) is 0.438. The zero-order valence-corrected chi connectivity index (χ0v) is 18.0. The standard InChI is InChI=1S/C26H18F2N4O2/c1-12-14(6-7-16-24(33)15-4-2-3-5-21(15)34-25(12)16)20-10-22(29)32-26(31-20)18-11-30-23-17(18)8-13(27)9-19(23)28/h2-12,25,30H,1H3,(H2,29,31,32). The maximum atomic E-state index is 14.2. The van der Waals surface area contributed by atoms with Gasteiger partial charge in [-0.25, -0.2) is 18.7 Å². The monoisotopic (exact) mass is 456 g/mol. The van der Waals surface area contributed by atoms with E-state index in [4.69, 9.17) is 10.5 Å². The van der Waals surface area contributed by atoms with Gasteiger partial charge in [0.25, 0.3) is 0 Å². The maximum absolute atomic E-state index is 14.2. The number of carbonyl (C=O) groups is 1. The molecule has 2 aliphatic rings. The van der Waals surface area contributed by atoms with E-state index in [0.717, 1.165) is 11.6 Å². The fraction of sp³-hybridized carbons (Fsp3) is 0.115. The van der Waals surface area contributed by atoms with Gasteiger partial charge in [-0.3, -0.25) is 4.79 Å². The molecule has 1 aliphatic heterocycles. The number of ether oxygens (including phenoxy) is 1. The Morgan fingerprint density at radius 1 is 1.03 bits per heavy atom. The number of ketones is 1. The minimum atomic E-state index is -0.703. The Morgan fingerprint density at radius 2 is 1.82 bits per heavy atom. The lowest BCUT2D eigenvalue weighted by atomic mass is 9.80. The molecule has 6 nitrogen and oxygen atoms in total. The number of hydrogen-bond acceptors (Lipinski definition) is 5. The zero-order chi connectivity index (χ0) is 23.6. The molecule has 2 aromatic heterocycles. The van der Waals surface area contributed by atoms with Crippen molar-refractivity contribution in [1.82, 2.24) is 15.0 Å². The van der Waals surface area contributed by atoms with E-state index < -0.39 is 17.7 Å². The topological polar surface area (TPSA) is 93.9 Å². The van der Waals surface area contributed by atoms with Crippen molar-refractivity contribution in [1.29, 1.82) is 0 Å². The van der Waals surface area contributed by atoms with Crippen LogP contribution in [-0.4, -0.2) is 26.8 Å². The maximum Gasteiger partial charge on any atom is 0.196 e.